The van der Waals surface area contributed by atoms with Gasteiger partial charge in [0.15, 0.2) is 0 Å². The zero-order valence-corrected chi connectivity index (χ0v) is 13.5. The Morgan fingerprint density at radius 2 is 2.00 bits per heavy atom. The van der Waals surface area contributed by atoms with Crippen LogP contribution in [0.15, 0.2) is 0 Å². The molecule has 1 aliphatic rings. The Labute approximate surface area is 124 Å². The van der Waals surface area contributed by atoms with Gasteiger partial charge >= 0.3 is 0 Å². The molecule has 1 saturated heterocycles. The molecule has 1 heterocycles. The molecule has 0 saturated carbocycles. The van der Waals surface area contributed by atoms with Crippen LogP contribution in [0.25, 0.3) is 0 Å². The van der Waals surface area contributed by atoms with E-state index < -0.39 is 0 Å². The van der Waals surface area contributed by atoms with Crippen molar-refractivity contribution in [1.82, 2.24) is 14.7 Å². The molecule has 1 atom stereocenters. The lowest BCUT2D eigenvalue weighted by molar-refractivity contribution is -0.130. The maximum absolute atomic E-state index is 12.0. The minimum absolute atomic E-state index is 0.231. The Bertz CT molecular complexity index is 285. The van der Waals surface area contributed by atoms with Crippen molar-refractivity contribution in [3.8, 4) is 0 Å². The highest BCUT2D eigenvalue weighted by atomic mass is 16.2. The molecular formula is C15H32N4O. The summed E-state index contributed by atoms with van der Waals surface area (Å²) in [6.45, 7) is 10.6. The quantitative estimate of drug-likeness (QED) is 0.744. The second kappa shape index (κ2) is 9.32. The maximum Gasteiger partial charge on any atom is 0.236 e. The fraction of sp³-hybridized carbons (Fsp3) is 0.933. The molecule has 0 radical (unpaired) electrons. The summed E-state index contributed by atoms with van der Waals surface area (Å²) in [6, 6.07) is 0.606. The van der Waals surface area contributed by atoms with Gasteiger partial charge in [-0.2, -0.15) is 0 Å². The summed E-state index contributed by atoms with van der Waals surface area (Å²) >= 11 is 0. The van der Waals surface area contributed by atoms with E-state index in [1.165, 1.54) is 0 Å². The third kappa shape index (κ3) is 5.38. The number of nitrogens with zero attached hydrogens (tertiary/aromatic N) is 3. The van der Waals surface area contributed by atoms with E-state index in [-0.39, 0.29) is 5.91 Å². The molecular weight excluding hydrogens is 252 g/mol. The van der Waals surface area contributed by atoms with Gasteiger partial charge in [-0.05, 0) is 45.8 Å². The Morgan fingerprint density at radius 1 is 1.25 bits per heavy atom. The number of hydrogen-bond donors (Lipinski definition) is 1. The number of carbonyl (C=O) groups excluding carboxylic acids is 1. The first-order valence-corrected chi connectivity index (χ1v) is 8.02. The predicted molar refractivity (Wildman–Crippen MR) is 83.7 cm³/mol. The first-order valence-electron chi connectivity index (χ1n) is 8.02. The maximum atomic E-state index is 12.0. The van der Waals surface area contributed by atoms with E-state index in [4.69, 9.17) is 5.73 Å². The average molecular weight is 284 g/mol. The van der Waals surface area contributed by atoms with Gasteiger partial charge in [-0.3, -0.25) is 14.6 Å². The van der Waals surface area contributed by atoms with Crippen molar-refractivity contribution < 1.29 is 4.79 Å². The molecule has 0 bridgehead atoms. The monoisotopic (exact) mass is 284 g/mol. The SMILES string of the molecule is CCC(CCN)N1CCCN(CC(=O)N(C)CC)CC1. The van der Waals surface area contributed by atoms with Crippen LogP contribution in [0.1, 0.15) is 33.1 Å². The number of carbonyl (C=O) groups is 1. The summed E-state index contributed by atoms with van der Waals surface area (Å²) in [6.07, 6.45) is 3.38. The van der Waals surface area contributed by atoms with Crippen LogP contribution < -0.4 is 5.73 Å². The van der Waals surface area contributed by atoms with E-state index >= 15 is 0 Å². The Balaban J connectivity index is 2.44. The van der Waals surface area contributed by atoms with E-state index in [0.29, 0.717) is 12.6 Å². The van der Waals surface area contributed by atoms with Crippen molar-refractivity contribution >= 4 is 5.91 Å². The van der Waals surface area contributed by atoms with E-state index in [2.05, 4.69) is 16.7 Å². The smallest absolute Gasteiger partial charge is 0.236 e. The lowest BCUT2D eigenvalue weighted by Gasteiger charge is -2.29. The van der Waals surface area contributed by atoms with Gasteiger partial charge < -0.3 is 10.6 Å². The van der Waals surface area contributed by atoms with Gasteiger partial charge in [0.05, 0.1) is 6.54 Å². The molecule has 1 amide bonds. The minimum Gasteiger partial charge on any atom is -0.345 e. The molecule has 5 heteroatoms. The van der Waals surface area contributed by atoms with Crippen molar-refractivity contribution in [3.63, 3.8) is 0 Å². The van der Waals surface area contributed by atoms with Gasteiger partial charge in [0.25, 0.3) is 0 Å². The van der Waals surface area contributed by atoms with Crippen LogP contribution in [0.2, 0.25) is 0 Å². The van der Waals surface area contributed by atoms with Crippen LogP contribution >= 0.6 is 0 Å². The average Bonchev–Trinajstić information content (AvgIpc) is 2.69. The van der Waals surface area contributed by atoms with Crippen molar-refractivity contribution in [3.05, 3.63) is 0 Å². The summed E-state index contributed by atoms with van der Waals surface area (Å²) in [5, 5.41) is 0. The van der Waals surface area contributed by atoms with Crippen LogP contribution in [-0.4, -0.2) is 79.5 Å². The number of rotatable bonds is 7. The highest BCUT2D eigenvalue weighted by Crippen LogP contribution is 2.12. The van der Waals surface area contributed by atoms with E-state index in [9.17, 15) is 4.79 Å². The van der Waals surface area contributed by atoms with Gasteiger partial charge in [-0.15, -0.1) is 0 Å². The van der Waals surface area contributed by atoms with Crippen LogP contribution in [0.4, 0.5) is 0 Å². The summed E-state index contributed by atoms with van der Waals surface area (Å²) in [7, 11) is 1.88. The number of nitrogens with two attached hydrogens (primary N) is 1. The predicted octanol–water partition coefficient (Wildman–Crippen LogP) is 0.600. The number of hydrogen-bond acceptors (Lipinski definition) is 4. The van der Waals surface area contributed by atoms with Crippen molar-refractivity contribution in [2.75, 3.05) is 52.9 Å². The fourth-order valence-corrected chi connectivity index (χ4v) is 2.84. The highest BCUT2D eigenvalue weighted by molar-refractivity contribution is 5.77. The lowest BCUT2D eigenvalue weighted by Crippen LogP contribution is -2.41. The molecule has 0 aromatic rings. The normalized spacial score (nSPS) is 19.6. The minimum atomic E-state index is 0.231. The largest absolute Gasteiger partial charge is 0.345 e. The highest BCUT2D eigenvalue weighted by Gasteiger charge is 2.22. The van der Waals surface area contributed by atoms with E-state index in [1.807, 2.05) is 14.0 Å². The van der Waals surface area contributed by atoms with Crippen molar-refractivity contribution in [2.45, 2.75) is 39.2 Å². The molecule has 2 N–H and O–H groups in total. The third-order valence-electron chi connectivity index (χ3n) is 4.37. The molecule has 1 aliphatic heterocycles. The molecule has 1 rings (SSSR count). The molecule has 118 valence electrons. The summed E-state index contributed by atoms with van der Waals surface area (Å²) in [5.41, 5.74) is 5.71. The molecule has 0 aliphatic carbocycles. The number of amides is 1. The molecule has 20 heavy (non-hydrogen) atoms. The molecule has 0 aromatic heterocycles. The number of likely N-dealkylation sites (N-methyl/N-ethyl adjacent to an activating group) is 1. The third-order valence-corrected chi connectivity index (χ3v) is 4.37. The second-order valence-corrected chi connectivity index (χ2v) is 5.71. The van der Waals surface area contributed by atoms with Gasteiger partial charge in [0.1, 0.15) is 0 Å². The Kier molecular flexibility index (Phi) is 8.11. The summed E-state index contributed by atoms with van der Waals surface area (Å²) in [4.78, 5) is 18.6. The van der Waals surface area contributed by atoms with Gasteiger partial charge in [0, 0.05) is 32.7 Å². The van der Waals surface area contributed by atoms with Crippen LogP contribution in [-0.2, 0) is 4.79 Å². The summed E-state index contributed by atoms with van der Waals surface area (Å²) in [5.74, 6) is 0.231. The fourth-order valence-electron chi connectivity index (χ4n) is 2.84. The van der Waals surface area contributed by atoms with E-state index in [0.717, 1.165) is 58.5 Å². The standard InChI is InChI=1S/C15H32N4O/c1-4-14(7-8-16)19-10-6-9-18(11-12-19)13-15(20)17(3)5-2/h14H,4-13,16H2,1-3H3. The van der Waals surface area contributed by atoms with Crippen LogP contribution in [0, 0.1) is 0 Å². The van der Waals surface area contributed by atoms with Gasteiger partial charge in [-0.25, -0.2) is 0 Å². The van der Waals surface area contributed by atoms with Crippen LogP contribution in [0.5, 0.6) is 0 Å². The van der Waals surface area contributed by atoms with Gasteiger partial charge in [0.2, 0.25) is 5.91 Å². The van der Waals surface area contributed by atoms with Gasteiger partial charge in [-0.1, -0.05) is 6.92 Å². The zero-order chi connectivity index (χ0) is 15.0. The first kappa shape index (κ1) is 17.4. The molecule has 5 nitrogen and oxygen atoms in total. The zero-order valence-electron chi connectivity index (χ0n) is 13.5. The Morgan fingerprint density at radius 3 is 2.60 bits per heavy atom. The molecule has 1 unspecified atom stereocenters. The van der Waals surface area contributed by atoms with Crippen molar-refractivity contribution in [1.29, 1.82) is 0 Å². The molecule has 0 spiro atoms. The van der Waals surface area contributed by atoms with E-state index in [1.54, 1.807) is 4.90 Å². The topological polar surface area (TPSA) is 52.8 Å². The molecule has 1 fully saturated rings. The lowest BCUT2D eigenvalue weighted by atomic mass is 10.1. The first-order chi connectivity index (χ1) is 9.62. The molecule has 0 aromatic carbocycles. The summed E-state index contributed by atoms with van der Waals surface area (Å²) < 4.78 is 0. The Hall–Kier alpha value is -0.650. The second-order valence-electron chi connectivity index (χ2n) is 5.71. The van der Waals surface area contributed by atoms with Crippen LogP contribution in [0.3, 0.4) is 0 Å². The van der Waals surface area contributed by atoms with Crippen molar-refractivity contribution in [2.24, 2.45) is 5.73 Å².